The van der Waals surface area contributed by atoms with E-state index in [0.717, 1.165) is 23.8 Å². The number of carbonyl (C=O) groups excluding carboxylic acids is 1. The molecule has 0 amide bonds. The largest absolute Gasteiger partial charge is 0.294 e. The maximum absolute atomic E-state index is 12.5. The van der Waals surface area contributed by atoms with E-state index in [2.05, 4.69) is 32.9 Å². The van der Waals surface area contributed by atoms with Gasteiger partial charge in [-0.2, -0.15) is 0 Å². The van der Waals surface area contributed by atoms with E-state index in [1.807, 2.05) is 12.1 Å². The second-order valence-electron chi connectivity index (χ2n) is 6.96. The molecule has 1 heteroatoms. The zero-order valence-electron chi connectivity index (χ0n) is 12.3. The second kappa shape index (κ2) is 4.47. The Balaban J connectivity index is 1.74. The summed E-state index contributed by atoms with van der Waals surface area (Å²) in [7, 11) is 0. The van der Waals surface area contributed by atoms with E-state index < -0.39 is 0 Å². The van der Waals surface area contributed by atoms with Gasteiger partial charge in [-0.1, -0.05) is 51.5 Å². The van der Waals surface area contributed by atoms with Crippen molar-refractivity contribution in [3.8, 4) is 0 Å². The lowest BCUT2D eigenvalue weighted by Gasteiger charge is -2.23. The van der Waals surface area contributed by atoms with Gasteiger partial charge >= 0.3 is 0 Å². The van der Waals surface area contributed by atoms with Gasteiger partial charge in [-0.15, -0.1) is 0 Å². The number of hydrogen-bond acceptors (Lipinski definition) is 1. The van der Waals surface area contributed by atoms with Gasteiger partial charge in [-0.05, 0) is 42.1 Å². The molecule has 1 nitrogen and oxygen atoms in total. The third kappa shape index (κ3) is 2.13. The Kier molecular flexibility index (Phi) is 3.03. The van der Waals surface area contributed by atoms with Crippen LogP contribution in [0.25, 0.3) is 0 Å². The van der Waals surface area contributed by atoms with Crippen LogP contribution in [0.2, 0.25) is 0 Å². The van der Waals surface area contributed by atoms with Crippen LogP contribution in [0.1, 0.15) is 62.4 Å². The number of Topliss-reactive ketones (excluding diaryl/α,β-unsaturated/α-hetero) is 1. The van der Waals surface area contributed by atoms with Crippen molar-refractivity contribution in [1.29, 1.82) is 0 Å². The van der Waals surface area contributed by atoms with Crippen molar-refractivity contribution >= 4 is 5.78 Å². The second-order valence-corrected chi connectivity index (χ2v) is 6.96. The Morgan fingerprint density at radius 2 is 1.74 bits per heavy atom. The van der Waals surface area contributed by atoms with Crippen molar-refractivity contribution in [1.82, 2.24) is 0 Å². The minimum atomic E-state index is 0.206. The van der Waals surface area contributed by atoms with Crippen LogP contribution in [0.5, 0.6) is 0 Å². The summed E-state index contributed by atoms with van der Waals surface area (Å²) in [5.41, 5.74) is 2.47. The lowest BCUT2D eigenvalue weighted by Crippen LogP contribution is -2.15. The van der Waals surface area contributed by atoms with E-state index in [1.165, 1.54) is 24.8 Å². The molecule has 0 aliphatic heterocycles. The Morgan fingerprint density at radius 1 is 1.16 bits per heavy atom. The molecule has 0 radical (unpaired) electrons. The van der Waals surface area contributed by atoms with Gasteiger partial charge in [-0.25, -0.2) is 0 Å². The van der Waals surface area contributed by atoms with Crippen LogP contribution in [0.4, 0.5) is 0 Å². The van der Waals surface area contributed by atoms with Gasteiger partial charge in [0.1, 0.15) is 0 Å². The molecule has 102 valence electrons. The van der Waals surface area contributed by atoms with Gasteiger partial charge in [0.25, 0.3) is 0 Å². The highest BCUT2D eigenvalue weighted by Gasteiger charge is 2.56. The highest BCUT2D eigenvalue weighted by atomic mass is 16.1. The molecule has 0 heterocycles. The lowest BCUT2D eigenvalue weighted by molar-refractivity contribution is 0.0951. The Labute approximate surface area is 116 Å². The topological polar surface area (TPSA) is 17.1 Å². The molecule has 0 spiro atoms. The first-order valence-corrected chi connectivity index (χ1v) is 7.69. The quantitative estimate of drug-likeness (QED) is 0.719. The van der Waals surface area contributed by atoms with E-state index in [-0.39, 0.29) is 5.41 Å². The summed E-state index contributed by atoms with van der Waals surface area (Å²) in [6.45, 7) is 6.73. The first kappa shape index (κ1) is 12.9. The maximum atomic E-state index is 12.5. The molecule has 0 saturated heterocycles. The monoisotopic (exact) mass is 256 g/mol. The molecule has 2 saturated carbocycles. The Morgan fingerprint density at radius 3 is 2.26 bits per heavy atom. The standard InChI is InChI=1S/C18H24O/c1-4-18(2,3)13-10-8-12(9-11-13)17(19)16-14-6-5-7-15(14)16/h8-11,14-16H,4-7H2,1-3H3. The van der Waals surface area contributed by atoms with Crippen LogP contribution in [-0.4, -0.2) is 5.78 Å². The number of benzene rings is 1. The Bertz CT molecular complexity index is 473. The van der Waals surface area contributed by atoms with Crippen LogP contribution < -0.4 is 0 Å². The van der Waals surface area contributed by atoms with Crippen LogP contribution >= 0.6 is 0 Å². The van der Waals surface area contributed by atoms with Crippen molar-refractivity contribution in [3.63, 3.8) is 0 Å². The molecule has 2 fully saturated rings. The summed E-state index contributed by atoms with van der Waals surface area (Å²) in [4.78, 5) is 12.5. The van der Waals surface area contributed by atoms with Crippen molar-refractivity contribution in [3.05, 3.63) is 35.4 Å². The minimum Gasteiger partial charge on any atom is -0.294 e. The van der Waals surface area contributed by atoms with Crippen LogP contribution in [0, 0.1) is 17.8 Å². The number of carbonyl (C=O) groups is 1. The fraction of sp³-hybridized carbons (Fsp3) is 0.611. The summed E-state index contributed by atoms with van der Waals surface area (Å²) >= 11 is 0. The summed E-state index contributed by atoms with van der Waals surface area (Å²) in [6.07, 6.45) is 5.01. The number of hydrogen-bond donors (Lipinski definition) is 0. The molecule has 0 bridgehead atoms. The van der Waals surface area contributed by atoms with Gasteiger partial charge in [0.05, 0.1) is 0 Å². The molecular formula is C18H24O. The van der Waals surface area contributed by atoms with Gasteiger partial charge < -0.3 is 0 Å². The van der Waals surface area contributed by atoms with E-state index in [0.29, 0.717) is 11.7 Å². The first-order valence-electron chi connectivity index (χ1n) is 7.69. The molecule has 2 aliphatic rings. The van der Waals surface area contributed by atoms with E-state index >= 15 is 0 Å². The number of ketones is 1. The molecule has 1 aromatic rings. The maximum Gasteiger partial charge on any atom is 0.166 e. The normalized spacial score (nSPS) is 29.1. The van der Waals surface area contributed by atoms with Crippen molar-refractivity contribution < 1.29 is 4.79 Å². The Hall–Kier alpha value is -1.11. The zero-order chi connectivity index (χ0) is 13.6. The molecule has 3 rings (SSSR count). The van der Waals surface area contributed by atoms with E-state index in [1.54, 1.807) is 0 Å². The number of rotatable bonds is 4. The molecular weight excluding hydrogens is 232 g/mol. The summed E-state index contributed by atoms with van der Waals surface area (Å²) in [6, 6.07) is 8.38. The third-order valence-corrected chi connectivity index (χ3v) is 5.54. The van der Waals surface area contributed by atoms with Crippen molar-refractivity contribution in [2.45, 2.75) is 51.9 Å². The molecule has 2 unspecified atom stereocenters. The predicted octanol–water partition coefficient (Wildman–Crippen LogP) is 4.60. The van der Waals surface area contributed by atoms with Crippen LogP contribution in [-0.2, 0) is 5.41 Å². The van der Waals surface area contributed by atoms with Gasteiger partial charge in [0, 0.05) is 11.5 Å². The molecule has 0 aromatic heterocycles. The SMILES string of the molecule is CCC(C)(C)c1ccc(C(=O)C2C3CCCC32)cc1. The predicted molar refractivity (Wildman–Crippen MR) is 78.4 cm³/mol. The average Bonchev–Trinajstić information content (AvgIpc) is 2.90. The zero-order valence-corrected chi connectivity index (χ0v) is 12.3. The fourth-order valence-electron chi connectivity index (χ4n) is 3.69. The summed E-state index contributed by atoms with van der Waals surface area (Å²) in [5.74, 6) is 2.20. The third-order valence-electron chi connectivity index (χ3n) is 5.54. The van der Waals surface area contributed by atoms with Gasteiger partial charge in [-0.3, -0.25) is 4.79 Å². The summed E-state index contributed by atoms with van der Waals surface area (Å²) in [5, 5.41) is 0. The number of fused-ring (bicyclic) bond motifs is 1. The van der Waals surface area contributed by atoms with Crippen molar-refractivity contribution in [2.24, 2.45) is 17.8 Å². The smallest absolute Gasteiger partial charge is 0.166 e. The first-order chi connectivity index (χ1) is 9.04. The molecule has 2 aliphatic carbocycles. The van der Waals surface area contributed by atoms with E-state index in [4.69, 9.17) is 0 Å². The van der Waals surface area contributed by atoms with Gasteiger partial charge in [0.15, 0.2) is 5.78 Å². The van der Waals surface area contributed by atoms with Crippen LogP contribution in [0.3, 0.4) is 0 Å². The van der Waals surface area contributed by atoms with Gasteiger partial charge in [0.2, 0.25) is 0 Å². The average molecular weight is 256 g/mol. The minimum absolute atomic E-state index is 0.206. The lowest BCUT2D eigenvalue weighted by atomic mass is 9.82. The molecule has 2 atom stereocenters. The van der Waals surface area contributed by atoms with Crippen LogP contribution in [0.15, 0.2) is 24.3 Å². The molecule has 0 N–H and O–H groups in total. The molecule has 1 aromatic carbocycles. The van der Waals surface area contributed by atoms with E-state index in [9.17, 15) is 4.79 Å². The summed E-state index contributed by atoms with van der Waals surface area (Å²) < 4.78 is 0. The van der Waals surface area contributed by atoms with Crippen molar-refractivity contribution in [2.75, 3.05) is 0 Å². The molecule has 19 heavy (non-hydrogen) atoms. The fourth-order valence-corrected chi connectivity index (χ4v) is 3.69. The highest BCUT2D eigenvalue weighted by Crippen LogP contribution is 2.58. The highest BCUT2D eigenvalue weighted by molar-refractivity contribution is 6.00.